The lowest BCUT2D eigenvalue weighted by Crippen LogP contribution is -2.41. The molecule has 0 unspecified atom stereocenters. The number of nitrogens with zero attached hydrogens (tertiary/aromatic N) is 2. The van der Waals surface area contributed by atoms with Gasteiger partial charge in [0.1, 0.15) is 5.84 Å². The van der Waals surface area contributed by atoms with Crippen LogP contribution in [0.3, 0.4) is 0 Å². The first-order valence-corrected chi connectivity index (χ1v) is 11.4. The summed E-state index contributed by atoms with van der Waals surface area (Å²) in [5, 5.41) is 10.1. The highest BCUT2D eigenvalue weighted by molar-refractivity contribution is 7.89. The van der Waals surface area contributed by atoms with Crippen molar-refractivity contribution in [1.29, 1.82) is 0 Å². The molecule has 6 nitrogen and oxygen atoms in total. The van der Waals surface area contributed by atoms with Crippen molar-refractivity contribution in [2.24, 2.45) is 10.7 Å². The number of aryl methyl sites for hydroxylation is 1. The lowest BCUT2D eigenvalue weighted by molar-refractivity contribution is 0.122. The Morgan fingerprint density at radius 3 is 2.52 bits per heavy atom. The summed E-state index contributed by atoms with van der Waals surface area (Å²) >= 11 is 0. The summed E-state index contributed by atoms with van der Waals surface area (Å²) in [4.78, 5) is 4.57. The van der Waals surface area contributed by atoms with Crippen LogP contribution in [0, 0.1) is 13.8 Å². The predicted octanol–water partition coefficient (Wildman–Crippen LogP) is 2.72. The Morgan fingerprint density at radius 1 is 1.14 bits per heavy atom. The van der Waals surface area contributed by atoms with Gasteiger partial charge >= 0.3 is 0 Å². The molecule has 1 saturated carbocycles. The van der Waals surface area contributed by atoms with E-state index in [-0.39, 0.29) is 10.9 Å². The number of likely N-dealkylation sites (N-methyl/N-ethyl adjacent to an activating group) is 1. The van der Waals surface area contributed by atoms with E-state index in [9.17, 15) is 13.5 Å². The molecule has 2 aliphatic rings. The Bertz CT molecular complexity index is 1110. The highest BCUT2D eigenvalue weighted by atomic mass is 32.2. The van der Waals surface area contributed by atoms with E-state index in [1.807, 2.05) is 26.0 Å². The van der Waals surface area contributed by atoms with Crippen molar-refractivity contribution in [3.63, 3.8) is 0 Å². The molecule has 1 fully saturated rings. The number of rotatable bonds is 4. The molecule has 3 N–H and O–H groups in total. The average molecular weight is 414 g/mol. The second-order valence-electron chi connectivity index (χ2n) is 8.04. The summed E-state index contributed by atoms with van der Waals surface area (Å²) < 4.78 is 27.6. The third-order valence-corrected chi connectivity index (χ3v) is 8.18. The number of nitrogens with two attached hydrogens (primary N) is 1. The van der Waals surface area contributed by atoms with Crippen LogP contribution in [0.5, 0.6) is 0 Å². The minimum absolute atomic E-state index is 0.250. The van der Waals surface area contributed by atoms with Gasteiger partial charge in [0, 0.05) is 12.6 Å². The van der Waals surface area contributed by atoms with Gasteiger partial charge in [-0.1, -0.05) is 18.2 Å². The lowest BCUT2D eigenvalue weighted by atomic mass is 9.91. The number of amidine groups is 1. The van der Waals surface area contributed by atoms with E-state index >= 15 is 0 Å². The lowest BCUT2D eigenvalue weighted by Gasteiger charge is -2.26. The second kappa shape index (κ2) is 7.23. The van der Waals surface area contributed by atoms with Crippen molar-refractivity contribution in [2.45, 2.75) is 56.7 Å². The van der Waals surface area contributed by atoms with Crippen LogP contribution in [0.2, 0.25) is 0 Å². The molecule has 4 rings (SSSR count). The van der Waals surface area contributed by atoms with Gasteiger partial charge in [-0.25, -0.2) is 8.42 Å². The molecule has 0 radical (unpaired) electrons. The molecule has 2 aromatic rings. The molecular weight excluding hydrogens is 386 g/mol. The summed E-state index contributed by atoms with van der Waals surface area (Å²) in [5.41, 5.74) is 12.1. The zero-order valence-corrected chi connectivity index (χ0v) is 17.8. The Kier molecular flexibility index (Phi) is 5.01. The molecule has 154 valence electrons. The van der Waals surface area contributed by atoms with E-state index in [0.717, 1.165) is 39.8 Å². The molecule has 29 heavy (non-hydrogen) atoms. The molecule has 0 bridgehead atoms. The molecule has 2 atom stereocenters. The Hall–Kier alpha value is -2.22. The number of benzene rings is 2. The van der Waals surface area contributed by atoms with Crippen LogP contribution in [-0.2, 0) is 16.6 Å². The van der Waals surface area contributed by atoms with Gasteiger partial charge in [0.2, 0.25) is 10.0 Å². The molecule has 0 spiro atoms. The number of hydrogen-bond donors (Lipinski definition) is 2. The van der Waals surface area contributed by atoms with Crippen LogP contribution >= 0.6 is 0 Å². The quantitative estimate of drug-likeness (QED) is 0.806. The second-order valence-corrected chi connectivity index (χ2v) is 10.0. The van der Waals surface area contributed by atoms with E-state index in [1.54, 1.807) is 19.2 Å². The van der Waals surface area contributed by atoms with Crippen molar-refractivity contribution in [3.8, 4) is 11.1 Å². The van der Waals surface area contributed by atoms with Crippen LogP contribution in [0.1, 0.15) is 41.5 Å². The van der Waals surface area contributed by atoms with Gasteiger partial charge in [0.25, 0.3) is 0 Å². The maximum absolute atomic E-state index is 13.1. The summed E-state index contributed by atoms with van der Waals surface area (Å²) in [6.07, 6.45) is 1.57. The van der Waals surface area contributed by atoms with Crippen molar-refractivity contribution in [2.75, 3.05) is 7.05 Å². The first kappa shape index (κ1) is 20.1. The minimum Gasteiger partial charge on any atom is -0.391 e. The number of fused-ring (bicyclic) bond motifs is 1. The van der Waals surface area contributed by atoms with Gasteiger partial charge in [-0.3, -0.25) is 4.99 Å². The first-order valence-electron chi connectivity index (χ1n) is 9.91. The van der Waals surface area contributed by atoms with Crippen LogP contribution in [0.25, 0.3) is 11.1 Å². The summed E-state index contributed by atoms with van der Waals surface area (Å²) in [7, 11) is -2.11. The Balaban J connectivity index is 1.71. The standard InChI is InChI=1S/C22H27N3O3S/c1-13-11-16(29(27,28)25(3)19-5-4-6-20(19)26)8-10-17(13)18-9-7-15-12-24-22(23)21(15)14(18)2/h7-11,19-20,26H,4-6,12H2,1-3H3,(H2,23,24)/t19-,20+/m1/s1. The van der Waals surface area contributed by atoms with Crippen molar-refractivity contribution < 1.29 is 13.5 Å². The highest BCUT2D eigenvalue weighted by Crippen LogP contribution is 2.34. The van der Waals surface area contributed by atoms with Gasteiger partial charge in [-0.05, 0) is 73.1 Å². The van der Waals surface area contributed by atoms with Crippen LogP contribution < -0.4 is 5.73 Å². The van der Waals surface area contributed by atoms with Gasteiger partial charge in [0.15, 0.2) is 0 Å². The fourth-order valence-corrected chi connectivity index (χ4v) is 6.09. The zero-order valence-electron chi connectivity index (χ0n) is 17.0. The van der Waals surface area contributed by atoms with E-state index < -0.39 is 16.1 Å². The zero-order chi connectivity index (χ0) is 20.9. The molecule has 7 heteroatoms. The van der Waals surface area contributed by atoms with E-state index in [4.69, 9.17) is 5.73 Å². The van der Waals surface area contributed by atoms with E-state index in [2.05, 4.69) is 11.1 Å². The normalized spacial score (nSPS) is 21.5. The van der Waals surface area contributed by atoms with Crippen LogP contribution in [-0.4, -0.2) is 42.9 Å². The SMILES string of the molecule is Cc1cc(S(=O)(=O)N(C)[C@@H]2CCC[C@@H]2O)ccc1-c1ccc2c(c1C)C(N)=NC2. The van der Waals surface area contributed by atoms with E-state index in [1.165, 1.54) is 4.31 Å². The first-order chi connectivity index (χ1) is 13.7. The fraction of sp³-hybridized carbons (Fsp3) is 0.409. The smallest absolute Gasteiger partial charge is 0.243 e. The predicted molar refractivity (Wildman–Crippen MR) is 114 cm³/mol. The Labute approximate surface area is 172 Å². The fourth-order valence-electron chi connectivity index (χ4n) is 4.59. The van der Waals surface area contributed by atoms with E-state index in [0.29, 0.717) is 25.2 Å². The van der Waals surface area contributed by atoms with Crippen molar-refractivity contribution >= 4 is 15.9 Å². The molecule has 1 heterocycles. The number of aliphatic hydroxyl groups is 1. The third-order valence-electron chi connectivity index (χ3n) is 6.30. The Morgan fingerprint density at radius 2 is 1.86 bits per heavy atom. The van der Waals surface area contributed by atoms with Gasteiger partial charge in [0.05, 0.1) is 23.6 Å². The van der Waals surface area contributed by atoms with Gasteiger partial charge in [-0.15, -0.1) is 0 Å². The van der Waals surface area contributed by atoms with Crippen LogP contribution in [0.4, 0.5) is 0 Å². The van der Waals surface area contributed by atoms with Gasteiger partial charge < -0.3 is 10.8 Å². The molecule has 0 amide bonds. The largest absolute Gasteiger partial charge is 0.391 e. The van der Waals surface area contributed by atoms with Crippen molar-refractivity contribution in [3.05, 3.63) is 52.6 Å². The topological polar surface area (TPSA) is 96.0 Å². The van der Waals surface area contributed by atoms with Crippen LogP contribution in [0.15, 0.2) is 40.2 Å². The number of aliphatic hydroxyl groups excluding tert-OH is 1. The number of aliphatic imine (C=N–C) groups is 1. The molecule has 1 aliphatic carbocycles. The molecule has 1 aliphatic heterocycles. The molecular formula is C22H27N3O3S. The molecule has 2 aromatic carbocycles. The monoisotopic (exact) mass is 413 g/mol. The number of hydrogen-bond acceptors (Lipinski definition) is 5. The summed E-state index contributed by atoms with van der Waals surface area (Å²) in [6, 6.07) is 8.96. The number of sulfonamides is 1. The van der Waals surface area contributed by atoms with Crippen molar-refractivity contribution in [1.82, 2.24) is 4.31 Å². The maximum Gasteiger partial charge on any atom is 0.243 e. The third kappa shape index (κ3) is 3.27. The highest BCUT2D eigenvalue weighted by Gasteiger charge is 2.35. The maximum atomic E-state index is 13.1. The minimum atomic E-state index is -3.67. The van der Waals surface area contributed by atoms with Gasteiger partial charge in [-0.2, -0.15) is 4.31 Å². The summed E-state index contributed by atoms with van der Waals surface area (Å²) in [5.74, 6) is 0.563. The average Bonchev–Trinajstić information content (AvgIpc) is 3.28. The molecule has 0 saturated heterocycles. The summed E-state index contributed by atoms with van der Waals surface area (Å²) in [6.45, 7) is 4.56. The molecule has 0 aromatic heterocycles.